The van der Waals surface area contributed by atoms with Gasteiger partial charge in [-0.25, -0.2) is 0 Å². The number of hydrogen-bond donors (Lipinski definition) is 1. The van der Waals surface area contributed by atoms with Crippen LogP contribution in [-0.4, -0.2) is 6.04 Å². The van der Waals surface area contributed by atoms with Crippen molar-refractivity contribution in [1.29, 1.82) is 0 Å². The highest BCUT2D eigenvalue weighted by molar-refractivity contribution is 5.24. The molecule has 2 atom stereocenters. The van der Waals surface area contributed by atoms with Gasteiger partial charge in [-0.15, -0.1) is 6.58 Å². The zero-order chi connectivity index (χ0) is 10.7. The average molecular weight is 205 g/mol. The molecule has 0 saturated carbocycles. The summed E-state index contributed by atoms with van der Waals surface area (Å²) >= 11 is 0. The SMILES string of the molecule is C=CCC(C)NC1CCCc2occc21. The first-order chi connectivity index (χ1) is 7.31. The Morgan fingerprint density at radius 2 is 2.60 bits per heavy atom. The summed E-state index contributed by atoms with van der Waals surface area (Å²) in [6.45, 7) is 5.97. The standard InChI is InChI=1S/C13H19NO/c1-3-5-10(2)14-12-6-4-7-13-11(12)8-9-15-13/h3,8-10,12,14H,1,4-7H2,2H3. The number of furan rings is 1. The predicted octanol–water partition coefficient (Wildman–Crippen LogP) is 3.21. The van der Waals surface area contributed by atoms with Gasteiger partial charge in [0, 0.05) is 24.1 Å². The summed E-state index contributed by atoms with van der Waals surface area (Å²) in [5, 5.41) is 3.63. The summed E-state index contributed by atoms with van der Waals surface area (Å²) in [6, 6.07) is 3.07. The van der Waals surface area contributed by atoms with Crippen molar-refractivity contribution in [2.24, 2.45) is 0 Å². The highest BCUT2D eigenvalue weighted by Crippen LogP contribution is 2.30. The maximum Gasteiger partial charge on any atom is 0.108 e. The molecule has 0 aliphatic heterocycles. The number of rotatable bonds is 4. The van der Waals surface area contributed by atoms with Crippen LogP contribution in [0, 0.1) is 0 Å². The molecule has 1 N–H and O–H groups in total. The molecule has 1 aliphatic carbocycles. The van der Waals surface area contributed by atoms with Crippen LogP contribution < -0.4 is 5.32 Å². The summed E-state index contributed by atoms with van der Waals surface area (Å²) in [5.41, 5.74) is 1.36. The van der Waals surface area contributed by atoms with Crippen LogP contribution in [0.1, 0.15) is 43.6 Å². The predicted molar refractivity (Wildman–Crippen MR) is 61.8 cm³/mol. The molecule has 2 nitrogen and oxygen atoms in total. The van der Waals surface area contributed by atoms with E-state index in [1.165, 1.54) is 24.2 Å². The third kappa shape index (κ3) is 2.32. The van der Waals surface area contributed by atoms with Gasteiger partial charge in [0.15, 0.2) is 0 Å². The Labute approximate surface area is 91.4 Å². The summed E-state index contributed by atoms with van der Waals surface area (Å²) in [7, 11) is 0. The maximum atomic E-state index is 5.47. The van der Waals surface area contributed by atoms with E-state index < -0.39 is 0 Å². The maximum absolute atomic E-state index is 5.47. The van der Waals surface area contributed by atoms with Crippen LogP contribution in [0.4, 0.5) is 0 Å². The highest BCUT2D eigenvalue weighted by atomic mass is 16.3. The molecule has 82 valence electrons. The van der Waals surface area contributed by atoms with Crippen LogP contribution in [0.25, 0.3) is 0 Å². The van der Waals surface area contributed by atoms with Gasteiger partial charge in [0.1, 0.15) is 5.76 Å². The van der Waals surface area contributed by atoms with Crippen LogP contribution in [0.15, 0.2) is 29.4 Å². The Morgan fingerprint density at radius 1 is 1.73 bits per heavy atom. The second-order valence-corrected chi connectivity index (χ2v) is 4.34. The van der Waals surface area contributed by atoms with Crippen molar-refractivity contribution in [2.45, 2.75) is 44.7 Å². The zero-order valence-electron chi connectivity index (χ0n) is 9.33. The van der Waals surface area contributed by atoms with Gasteiger partial charge in [0.05, 0.1) is 6.26 Å². The van der Waals surface area contributed by atoms with E-state index in [0.29, 0.717) is 12.1 Å². The molecular weight excluding hydrogens is 186 g/mol. The molecule has 2 heteroatoms. The fourth-order valence-corrected chi connectivity index (χ4v) is 2.32. The van der Waals surface area contributed by atoms with E-state index in [-0.39, 0.29) is 0 Å². The van der Waals surface area contributed by atoms with E-state index >= 15 is 0 Å². The molecule has 1 heterocycles. The third-order valence-electron chi connectivity index (χ3n) is 3.06. The molecule has 1 aliphatic rings. The van der Waals surface area contributed by atoms with Crippen molar-refractivity contribution in [3.63, 3.8) is 0 Å². The van der Waals surface area contributed by atoms with Gasteiger partial charge in [0.25, 0.3) is 0 Å². The topological polar surface area (TPSA) is 25.2 Å². The van der Waals surface area contributed by atoms with Gasteiger partial charge in [-0.05, 0) is 32.3 Å². The van der Waals surface area contributed by atoms with E-state index in [9.17, 15) is 0 Å². The first kappa shape index (κ1) is 10.5. The van der Waals surface area contributed by atoms with E-state index in [1.807, 2.05) is 12.3 Å². The van der Waals surface area contributed by atoms with Crippen LogP contribution in [0.3, 0.4) is 0 Å². The molecule has 15 heavy (non-hydrogen) atoms. The molecule has 0 aromatic carbocycles. The van der Waals surface area contributed by atoms with E-state index in [2.05, 4.69) is 24.9 Å². The minimum atomic E-state index is 0.474. The summed E-state index contributed by atoms with van der Waals surface area (Å²) < 4.78 is 5.47. The molecule has 2 rings (SSSR count). The molecule has 0 amide bonds. The molecule has 1 aromatic heterocycles. The normalized spacial score (nSPS) is 22.1. The minimum absolute atomic E-state index is 0.474. The molecule has 0 spiro atoms. The first-order valence-corrected chi connectivity index (χ1v) is 5.74. The molecule has 2 unspecified atom stereocenters. The molecular formula is C13H19NO. The fourth-order valence-electron chi connectivity index (χ4n) is 2.32. The largest absolute Gasteiger partial charge is 0.469 e. The summed E-state index contributed by atoms with van der Waals surface area (Å²) in [5.74, 6) is 1.17. The van der Waals surface area contributed by atoms with Crippen LogP contribution >= 0.6 is 0 Å². The highest BCUT2D eigenvalue weighted by Gasteiger charge is 2.23. The van der Waals surface area contributed by atoms with Crippen molar-refractivity contribution in [1.82, 2.24) is 5.32 Å². The monoisotopic (exact) mass is 205 g/mol. The summed E-state index contributed by atoms with van der Waals surface area (Å²) in [4.78, 5) is 0. The Bertz CT molecular complexity index is 329. The lowest BCUT2D eigenvalue weighted by Crippen LogP contribution is -2.31. The smallest absolute Gasteiger partial charge is 0.108 e. The Kier molecular flexibility index (Phi) is 3.27. The fraction of sp³-hybridized carbons (Fsp3) is 0.538. The van der Waals surface area contributed by atoms with Gasteiger partial charge in [-0.1, -0.05) is 6.08 Å². The number of aryl methyl sites for hydroxylation is 1. The van der Waals surface area contributed by atoms with Crippen molar-refractivity contribution < 1.29 is 4.42 Å². The van der Waals surface area contributed by atoms with E-state index in [1.54, 1.807) is 0 Å². The Hall–Kier alpha value is -1.02. The molecule has 1 aromatic rings. The van der Waals surface area contributed by atoms with E-state index in [0.717, 1.165) is 12.8 Å². The van der Waals surface area contributed by atoms with Crippen molar-refractivity contribution in [3.05, 3.63) is 36.3 Å². The van der Waals surface area contributed by atoms with E-state index in [4.69, 9.17) is 4.42 Å². The van der Waals surface area contributed by atoms with Crippen molar-refractivity contribution >= 4 is 0 Å². The van der Waals surface area contributed by atoms with Gasteiger partial charge in [0.2, 0.25) is 0 Å². The lowest BCUT2D eigenvalue weighted by Gasteiger charge is -2.26. The average Bonchev–Trinajstić information content (AvgIpc) is 2.67. The molecule has 0 bridgehead atoms. The lowest BCUT2D eigenvalue weighted by molar-refractivity contribution is 0.382. The molecule has 0 fully saturated rings. The first-order valence-electron chi connectivity index (χ1n) is 5.74. The van der Waals surface area contributed by atoms with Gasteiger partial charge < -0.3 is 9.73 Å². The number of hydrogen-bond acceptors (Lipinski definition) is 2. The van der Waals surface area contributed by atoms with Crippen LogP contribution in [0.2, 0.25) is 0 Å². The zero-order valence-corrected chi connectivity index (χ0v) is 9.33. The molecule has 0 saturated heterocycles. The number of fused-ring (bicyclic) bond motifs is 1. The summed E-state index contributed by atoms with van der Waals surface area (Å²) in [6.07, 6.45) is 8.33. The lowest BCUT2D eigenvalue weighted by atomic mass is 9.93. The number of nitrogens with one attached hydrogen (secondary N) is 1. The van der Waals surface area contributed by atoms with Gasteiger partial charge in [-0.2, -0.15) is 0 Å². The van der Waals surface area contributed by atoms with Gasteiger partial charge >= 0.3 is 0 Å². The Balaban J connectivity index is 2.03. The second-order valence-electron chi connectivity index (χ2n) is 4.34. The molecule has 0 radical (unpaired) electrons. The van der Waals surface area contributed by atoms with Crippen molar-refractivity contribution in [2.75, 3.05) is 0 Å². The quantitative estimate of drug-likeness (QED) is 0.763. The van der Waals surface area contributed by atoms with Crippen molar-refractivity contribution in [3.8, 4) is 0 Å². The Morgan fingerprint density at radius 3 is 3.40 bits per heavy atom. The van der Waals surface area contributed by atoms with Crippen LogP contribution in [0.5, 0.6) is 0 Å². The third-order valence-corrected chi connectivity index (χ3v) is 3.06. The second kappa shape index (κ2) is 4.67. The minimum Gasteiger partial charge on any atom is -0.469 e. The van der Waals surface area contributed by atoms with Crippen LogP contribution in [-0.2, 0) is 6.42 Å². The van der Waals surface area contributed by atoms with Gasteiger partial charge in [-0.3, -0.25) is 0 Å².